The van der Waals surface area contributed by atoms with E-state index in [0.717, 1.165) is 25.3 Å². The molecule has 1 aliphatic rings. The lowest BCUT2D eigenvalue weighted by Gasteiger charge is -2.34. The van der Waals surface area contributed by atoms with Gasteiger partial charge in [-0.2, -0.15) is 0 Å². The molecule has 0 aromatic heterocycles. The largest absolute Gasteiger partial charge is 0.505 e. The fraction of sp³-hybridized carbons (Fsp3) is 0.500. The molecule has 0 heterocycles. The quantitative estimate of drug-likeness (QED) is 0.884. The van der Waals surface area contributed by atoms with Crippen LogP contribution in [0.2, 0.25) is 0 Å². The van der Waals surface area contributed by atoms with Gasteiger partial charge in [-0.05, 0) is 18.9 Å². The second-order valence-corrected chi connectivity index (χ2v) is 4.95. The van der Waals surface area contributed by atoms with Crippen LogP contribution in [0.1, 0.15) is 37.7 Å². The van der Waals surface area contributed by atoms with Crippen molar-refractivity contribution in [1.82, 2.24) is 0 Å². The number of carbonyl (C=O) groups is 1. The van der Waals surface area contributed by atoms with Crippen molar-refractivity contribution >= 4 is 5.97 Å². The average Bonchev–Trinajstić information content (AvgIpc) is 2.42. The summed E-state index contributed by atoms with van der Waals surface area (Å²) in [6, 6.07) is 2.23. The third-order valence-electron chi connectivity index (χ3n) is 3.90. The monoisotopic (exact) mass is 268 g/mol. The summed E-state index contributed by atoms with van der Waals surface area (Å²) in [6.07, 6.45) is 3.54. The van der Waals surface area contributed by atoms with E-state index in [-0.39, 0.29) is 5.75 Å². The van der Waals surface area contributed by atoms with Crippen molar-refractivity contribution in [3.63, 3.8) is 0 Å². The van der Waals surface area contributed by atoms with Gasteiger partial charge in [0.15, 0.2) is 11.6 Å². The summed E-state index contributed by atoms with van der Waals surface area (Å²) in [4.78, 5) is 11.7. The lowest BCUT2D eigenvalue weighted by atomic mass is 9.69. The molecule has 1 aromatic rings. The number of carboxylic acid groups (broad SMARTS) is 1. The van der Waals surface area contributed by atoms with Gasteiger partial charge in [-0.25, -0.2) is 4.39 Å². The Hall–Kier alpha value is -1.78. The van der Waals surface area contributed by atoms with Crippen LogP contribution in [0.25, 0.3) is 0 Å². The van der Waals surface area contributed by atoms with Crippen LogP contribution >= 0.6 is 0 Å². The number of carboxylic acids is 1. The Morgan fingerprint density at radius 2 is 1.95 bits per heavy atom. The predicted molar refractivity (Wildman–Crippen MR) is 67.0 cm³/mol. The molecule has 0 saturated heterocycles. The van der Waals surface area contributed by atoms with Gasteiger partial charge in [-0.1, -0.05) is 19.3 Å². The average molecular weight is 268 g/mol. The molecule has 1 aromatic carbocycles. The minimum absolute atomic E-state index is 0.180. The van der Waals surface area contributed by atoms with Crippen LogP contribution in [-0.4, -0.2) is 23.3 Å². The highest BCUT2D eigenvalue weighted by Gasteiger charge is 2.43. The molecule has 0 aliphatic heterocycles. The number of ether oxygens (including phenoxy) is 1. The predicted octanol–water partition coefficient (Wildman–Crippen LogP) is 2.83. The zero-order valence-electron chi connectivity index (χ0n) is 10.8. The minimum atomic E-state index is -1.09. The van der Waals surface area contributed by atoms with Gasteiger partial charge in [0.05, 0.1) is 12.5 Å². The highest BCUT2D eigenvalue weighted by atomic mass is 19.1. The summed E-state index contributed by atoms with van der Waals surface area (Å²) in [6.45, 7) is 0. The summed E-state index contributed by atoms with van der Waals surface area (Å²) in [5, 5.41) is 19.1. The molecule has 4 nitrogen and oxygen atoms in total. The molecule has 0 unspecified atom stereocenters. The first-order valence-corrected chi connectivity index (χ1v) is 6.31. The third kappa shape index (κ3) is 2.25. The SMILES string of the molecule is COc1cc(F)c(O)cc1C1(C(=O)O)CCCCC1. The molecule has 104 valence electrons. The number of hydrogen-bond acceptors (Lipinski definition) is 3. The summed E-state index contributed by atoms with van der Waals surface area (Å²) >= 11 is 0. The van der Waals surface area contributed by atoms with Crippen molar-refractivity contribution in [1.29, 1.82) is 0 Å². The molecule has 1 saturated carbocycles. The maximum Gasteiger partial charge on any atom is 0.314 e. The second kappa shape index (κ2) is 5.07. The minimum Gasteiger partial charge on any atom is -0.505 e. The van der Waals surface area contributed by atoms with E-state index >= 15 is 0 Å². The van der Waals surface area contributed by atoms with Crippen molar-refractivity contribution in [3.05, 3.63) is 23.5 Å². The fourth-order valence-corrected chi connectivity index (χ4v) is 2.84. The van der Waals surface area contributed by atoms with E-state index in [2.05, 4.69) is 0 Å². The molecule has 0 bridgehead atoms. The van der Waals surface area contributed by atoms with Crippen LogP contribution < -0.4 is 4.74 Å². The Labute approximate surface area is 110 Å². The van der Waals surface area contributed by atoms with Crippen LogP contribution in [0.15, 0.2) is 12.1 Å². The number of rotatable bonds is 3. The highest BCUT2D eigenvalue weighted by molar-refractivity contribution is 5.83. The number of phenolic OH excluding ortho intramolecular Hbond substituents is 1. The Morgan fingerprint density at radius 3 is 2.47 bits per heavy atom. The number of benzene rings is 1. The zero-order valence-corrected chi connectivity index (χ0v) is 10.8. The molecule has 2 N–H and O–H groups in total. The van der Waals surface area contributed by atoms with Crippen molar-refractivity contribution in [2.24, 2.45) is 0 Å². The van der Waals surface area contributed by atoms with Gasteiger partial charge in [0.1, 0.15) is 5.75 Å². The van der Waals surface area contributed by atoms with Gasteiger partial charge in [-0.3, -0.25) is 4.79 Å². The molecule has 0 atom stereocenters. The van der Waals surface area contributed by atoms with Crippen LogP contribution in [0.5, 0.6) is 11.5 Å². The molecular weight excluding hydrogens is 251 g/mol. The van der Waals surface area contributed by atoms with E-state index in [4.69, 9.17) is 4.74 Å². The van der Waals surface area contributed by atoms with Crippen LogP contribution in [0, 0.1) is 5.82 Å². The fourth-order valence-electron chi connectivity index (χ4n) is 2.84. The Morgan fingerprint density at radius 1 is 1.32 bits per heavy atom. The summed E-state index contributed by atoms with van der Waals surface area (Å²) in [5.41, 5.74) is -0.726. The summed E-state index contributed by atoms with van der Waals surface area (Å²) in [5.74, 6) is -2.12. The molecule has 5 heteroatoms. The molecule has 1 fully saturated rings. The molecular formula is C14H17FO4. The molecule has 1 aliphatic carbocycles. The number of phenols is 1. The first-order chi connectivity index (χ1) is 9.01. The Bertz CT molecular complexity index is 492. The topological polar surface area (TPSA) is 66.8 Å². The molecule has 19 heavy (non-hydrogen) atoms. The lowest BCUT2D eigenvalue weighted by molar-refractivity contribution is -0.145. The number of aliphatic carboxylic acids is 1. The molecule has 2 rings (SSSR count). The standard InChI is InChI=1S/C14H17FO4/c1-19-12-8-10(15)11(16)7-9(12)14(13(17)18)5-3-2-4-6-14/h7-8,16H,2-6H2,1H3,(H,17,18). The van der Waals surface area contributed by atoms with Crippen molar-refractivity contribution < 1.29 is 24.1 Å². The van der Waals surface area contributed by atoms with Gasteiger partial charge < -0.3 is 14.9 Å². The van der Waals surface area contributed by atoms with E-state index < -0.39 is 23.0 Å². The van der Waals surface area contributed by atoms with E-state index in [1.807, 2.05) is 0 Å². The number of aromatic hydroxyl groups is 1. The first-order valence-electron chi connectivity index (χ1n) is 6.31. The van der Waals surface area contributed by atoms with Gasteiger partial charge in [0, 0.05) is 11.6 Å². The van der Waals surface area contributed by atoms with E-state index in [1.165, 1.54) is 13.2 Å². The van der Waals surface area contributed by atoms with Crippen molar-refractivity contribution in [2.75, 3.05) is 7.11 Å². The van der Waals surface area contributed by atoms with Crippen molar-refractivity contribution in [3.8, 4) is 11.5 Å². The second-order valence-electron chi connectivity index (χ2n) is 4.95. The van der Waals surface area contributed by atoms with Crippen LogP contribution in [0.4, 0.5) is 4.39 Å². The highest BCUT2D eigenvalue weighted by Crippen LogP contribution is 2.45. The van der Waals surface area contributed by atoms with Gasteiger partial charge >= 0.3 is 5.97 Å². The zero-order chi connectivity index (χ0) is 14.0. The molecule has 0 spiro atoms. The van der Waals surface area contributed by atoms with Gasteiger partial charge in [0.2, 0.25) is 0 Å². The number of methoxy groups -OCH3 is 1. The molecule has 0 radical (unpaired) electrons. The lowest BCUT2D eigenvalue weighted by Crippen LogP contribution is -2.38. The smallest absolute Gasteiger partial charge is 0.314 e. The Balaban J connectivity index is 2.59. The number of halogens is 1. The van der Waals surface area contributed by atoms with E-state index in [1.54, 1.807) is 0 Å². The van der Waals surface area contributed by atoms with Crippen LogP contribution in [-0.2, 0) is 10.2 Å². The van der Waals surface area contributed by atoms with Crippen molar-refractivity contribution in [2.45, 2.75) is 37.5 Å². The Kier molecular flexibility index (Phi) is 3.64. The van der Waals surface area contributed by atoms with Gasteiger partial charge in [0.25, 0.3) is 0 Å². The summed E-state index contributed by atoms with van der Waals surface area (Å²) < 4.78 is 18.5. The third-order valence-corrected chi connectivity index (χ3v) is 3.90. The summed E-state index contributed by atoms with van der Waals surface area (Å²) in [7, 11) is 1.37. The maximum absolute atomic E-state index is 13.4. The van der Waals surface area contributed by atoms with Crippen LogP contribution in [0.3, 0.4) is 0 Å². The molecule has 0 amide bonds. The normalized spacial score (nSPS) is 18.0. The first kappa shape index (κ1) is 13.6. The number of hydrogen-bond donors (Lipinski definition) is 2. The van der Waals surface area contributed by atoms with E-state index in [9.17, 15) is 19.4 Å². The van der Waals surface area contributed by atoms with E-state index in [0.29, 0.717) is 18.4 Å². The van der Waals surface area contributed by atoms with Gasteiger partial charge in [-0.15, -0.1) is 0 Å². The maximum atomic E-state index is 13.4.